The Hall–Kier alpha value is -1.28. The summed E-state index contributed by atoms with van der Waals surface area (Å²) in [6.45, 7) is 0. The van der Waals surface area contributed by atoms with Crippen molar-refractivity contribution >= 4 is 57.8 Å². The summed E-state index contributed by atoms with van der Waals surface area (Å²) in [5, 5.41) is 2.60. The minimum atomic E-state index is -0.457. The van der Waals surface area contributed by atoms with Crippen LogP contribution in [0.4, 0.5) is 0 Å². The van der Waals surface area contributed by atoms with Crippen molar-refractivity contribution in [2.45, 2.75) is 0 Å². The zero-order valence-corrected chi connectivity index (χ0v) is 12.4. The Balaban J connectivity index is 2.40. The molecule has 18 heavy (non-hydrogen) atoms. The maximum absolute atomic E-state index is 11.9. The lowest BCUT2D eigenvalue weighted by atomic mass is 10.1. The van der Waals surface area contributed by atoms with E-state index in [2.05, 4.69) is 27.9 Å². The molecule has 0 spiro atoms. The molecular weight excluding hydrogens is 363 g/mol. The number of rotatable bonds is 1. The van der Waals surface area contributed by atoms with Crippen LogP contribution in [0.5, 0.6) is 0 Å². The number of benzene rings is 1. The second-order valence-electron chi connectivity index (χ2n) is 3.74. The maximum Gasteiger partial charge on any atom is 0.265 e. The van der Waals surface area contributed by atoms with Gasteiger partial charge in [0.05, 0.1) is 0 Å². The number of hydrogen-bond acceptors (Lipinski definition) is 3. The van der Waals surface area contributed by atoms with Gasteiger partial charge in [-0.3, -0.25) is 19.8 Å². The fraction of sp³-hybridized carbons (Fsp3) is 0.0833. The molecule has 6 heteroatoms. The fourth-order valence-corrected chi connectivity index (χ4v) is 2.25. The second kappa shape index (κ2) is 5.15. The van der Waals surface area contributed by atoms with Gasteiger partial charge < -0.3 is 0 Å². The largest absolute Gasteiger partial charge is 0.298 e. The minimum absolute atomic E-state index is 0.0908. The number of hydrogen-bond donors (Lipinski definition) is 1. The average Bonchev–Trinajstić information content (AvgIpc) is 2.32. The summed E-state index contributed by atoms with van der Waals surface area (Å²) >= 11 is 7.04. The molecule has 2 amide bonds. The van der Waals surface area contributed by atoms with Gasteiger partial charge in [0.2, 0.25) is 0 Å². The molecule has 0 aliphatic carbocycles. The number of halogens is 1. The highest BCUT2D eigenvalue weighted by molar-refractivity contribution is 14.1. The SMILES string of the molecule is CN1C(=O)C(=Cc2cccc(I)c2)C(=O)NC1=S. The van der Waals surface area contributed by atoms with Gasteiger partial charge in [-0.05, 0) is 58.6 Å². The Morgan fingerprint density at radius 2 is 2.11 bits per heavy atom. The Kier molecular flexibility index (Phi) is 3.76. The van der Waals surface area contributed by atoms with Crippen LogP contribution in [0.1, 0.15) is 5.56 Å². The third-order valence-corrected chi connectivity index (χ3v) is 3.51. The third kappa shape index (κ3) is 2.59. The van der Waals surface area contributed by atoms with Gasteiger partial charge in [-0.2, -0.15) is 0 Å². The topological polar surface area (TPSA) is 49.4 Å². The molecule has 0 saturated carbocycles. The Bertz CT molecular complexity index is 583. The van der Waals surface area contributed by atoms with Crippen LogP contribution in [0.3, 0.4) is 0 Å². The smallest absolute Gasteiger partial charge is 0.265 e. The first-order valence-electron chi connectivity index (χ1n) is 5.09. The number of amides is 2. The predicted octanol–water partition coefficient (Wildman–Crippen LogP) is 1.55. The van der Waals surface area contributed by atoms with Crippen LogP contribution in [-0.4, -0.2) is 28.9 Å². The van der Waals surface area contributed by atoms with E-state index in [9.17, 15) is 9.59 Å². The molecule has 4 nitrogen and oxygen atoms in total. The molecule has 0 bridgehead atoms. The highest BCUT2D eigenvalue weighted by Crippen LogP contribution is 2.15. The Morgan fingerprint density at radius 3 is 2.78 bits per heavy atom. The van der Waals surface area contributed by atoms with E-state index >= 15 is 0 Å². The zero-order valence-electron chi connectivity index (χ0n) is 9.44. The van der Waals surface area contributed by atoms with Gasteiger partial charge in [0.15, 0.2) is 5.11 Å². The van der Waals surface area contributed by atoms with Gasteiger partial charge in [0.25, 0.3) is 11.8 Å². The van der Waals surface area contributed by atoms with Gasteiger partial charge in [-0.15, -0.1) is 0 Å². The summed E-state index contributed by atoms with van der Waals surface area (Å²) in [7, 11) is 1.53. The Labute approximate surface area is 123 Å². The summed E-state index contributed by atoms with van der Waals surface area (Å²) in [6.07, 6.45) is 1.57. The second-order valence-corrected chi connectivity index (χ2v) is 5.37. The van der Waals surface area contributed by atoms with Gasteiger partial charge in [0, 0.05) is 10.6 Å². The van der Waals surface area contributed by atoms with Crippen molar-refractivity contribution < 1.29 is 9.59 Å². The Morgan fingerprint density at radius 1 is 1.39 bits per heavy atom. The fourth-order valence-electron chi connectivity index (χ4n) is 1.51. The lowest BCUT2D eigenvalue weighted by molar-refractivity contribution is -0.128. The van der Waals surface area contributed by atoms with E-state index < -0.39 is 5.91 Å². The number of likely N-dealkylation sites (N-methyl/N-ethyl adjacent to an activating group) is 1. The molecule has 92 valence electrons. The normalized spacial score (nSPS) is 18.2. The number of nitrogens with zero attached hydrogens (tertiary/aromatic N) is 1. The van der Waals surface area contributed by atoms with E-state index in [0.717, 1.165) is 9.13 Å². The monoisotopic (exact) mass is 372 g/mol. The van der Waals surface area contributed by atoms with Crippen LogP contribution < -0.4 is 5.32 Å². The molecule has 1 fully saturated rings. The van der Waals surface area contributed by atoms with Crippen LogP contribution in [-0.2, 0) is 9.59 Å². The summed E-state index contributed by atoms with van der Waals surface area (Å²) in [5.74, 6) is -0.843. The lowest BCUT2D eigenvalue weighted by Gasteiger charge is -2.25. The van der Waals surface area contributed by atoms with E-state index in [-0.39, 0.29) is 16.6 Å². The maximum atomic E-state index is 11.9. The molecule has 2 rings (SSSR count). The molecule has 1 aliphatic rings. The van der Waals surface area contributed by atoms with E-state index in [4.69, 9.17) is 12.2 Å². The molecule has 1 aromatic rings. The van der Waals surface area contributed by atoms with Crippen molar-refractivity contribution in [1.82, 2.24) is 10.2 Å². The van der Waals surface area contributed by atoms with Crippen molar-refractivity contribution in [1.29, 1.82) is 0 Å². The van der Waals surface area contributed by atoms with Gasteiger partial charge in [-0.1, -0.05) is 12.1 Å². The highest BCUT2D eigenvalue weighted by Gasteiger charge is 2.30. The summed E-state index contributed by atoms with van der Waals surface area (Å²) in [5.41, 5.74) is 0.898. The number of carbonyl (C=O) groups excluding carboxylic acids is 2. The van der Waals surface area contributed by atoms with Gasteiger partial charge in [-0.25, -0.2) is 0 Å². The van der Waals surface area contributed by atoms with Crippen LogP contribution in [0.2, 0.25) is 0 Å². The van der Waals surface area contributed by atoms with Gasteiger partial charge >= 0.3 is 0 Å². The highest BCUT2D eigenvalue weighted by atomic mass is 127. The van der Waals surface area contributed by atoms with Crippen LogP contribution in [0, 0.1) is 3.57 Å². The zero-order chi connectivity index (χ0) is 13.3. The van der Waals surface area contributed by atoms with E-state index in [1.54, 1.807) is 6.08 Å². The lowest BCUT2D eigenvalue weighted by Crippen LogP contribution is -2.52. The summed E-state index contributed by atoms with van der Waals surface area (Å²) in [4.78, 5) is 24.9. The summed E-state index contributed by atoms with van der Waals surface area (Å²) < 4.78 is 1.04. The molecule has 1 N–H and O–H groups in total. The van der Waals surface area contributed by atoms with Crippen LogP contribution in [0.25, 0.3) is 6.08 Å². The van der Waals surface area contributed by atoms with Crippen molar-refractivity contribution in [3.05, 3.63) is 39.0 Å². The molecular formula is C12H9IN2O2S. The quantitative estimate of drug-likeness (QED) is 0.352. The molecule has 1 heterocycles. The first-order chi connectivity index (χ1) is 8.49. The van der Waals surface area contributed by atoms with Crippen LogP contribution >= 0.6 is 34.8 Å². The number of thiocarbonyl (C=S) groups is 1. The first kappa shape index (κ1) is 13.2. The number of carbonyl (C=O) groups is 2. The first-order valence-corrected chi connectivity index (χ1v) is 6.58. The molecule has 1 aromatic carbocycles. The standard InChI is InChI=1S/C12H9IN2O2S/c1-15-11(17)9(10(16)14-12(15)18)6-7-3-2-4-8(13)5-7/h2-6H,1H3,(H,14,16,18). The molecule has 1 saturated heterocycles. The van der Waals surface area contributed by atoms with Crippen molar-refractivity contribution in [2.24, 2.45) is 0 Å². The van der Waals surface area contributed by atoms with Gasteiger partial charge in [0.1, 0.15) is 5.57 Å². The molecule has 0 aromatic heterocycles. The van der Waals surface area contributed by atoms with Crippen LogP contribution in [0.15, 0.2) is 29.8 Å². The minimum Gasteiger partial charge on any atom is -0.298 e. The van der Waals surface area contributed by atoms with Crippen molar-refractivity contribution in [2.75, 3.05) is 7.05 Å². The number of nitrogens with one attached hydrogen (secondary N) is 1. The van der Waals surface area contributed by atoms with E-state index in [1.165, 1.54) is 11.9 Å². The molecule has 1 aliphatic heterocycles. The molecule has 0 radical (unpaired) electrons. The summed E-state index contributed by atoms with van der Waals surface area (Å²) in [6, 6.07) is 7.53. The van der Waals surface area contributed by atoms with Crippen molar-refractivity contribution in [3.63, 3.8) is 0 Å². The molecule has 0 unspecified atom stereocenters. The molecule has 0 atom stereocenters. The predicted molar refractivity (Wildman–Crippen MR) is 80.6 cm³/mol. The average molecular weight is 372 g/mol. The van der Waals surface area contributed by atoms with E-state index in [1.807, 2.05) is 24.3 Å². The van der Waals surface area contributed by atoms with E-state index in [0.29, 0.717) is 0 Å². The van der Waals surface area contributed by atoms with Crippen molar-refractivity contribution in [3.8, 4) is 0 Å². The third-order valence-electron chi connectivity index (χ3n) is 2.46.